The molecule has 0 saturated heterocycles. The molecule has 3 nitrogen and oxygen atoms in total. The number of ketones is 1. The van der Waals surface area contributed by atoms with Crippen molar-refractivity contribution in [2.75, 3.05) is 0 Å². The summed E-state index contributed by atoms with van der Waals surface area (Å²) in [7, 11) is 1.83. The van der Waals surface area contributed by atoms with Crippen LogP contribution in [0.4, 0.5) is 4.39 Å². The molecule has 0 amide bonds. The molecule has 0 fully saturated rings. The van der Waals surface area contributed by atoms with Gasteiger partial charge >= 0.3 is 0 Å². The number of Topliss-reactive ketones (excluding diaryl/α,β-unsaturated/α-hetero) is 1. The number of rotatable bonds is 4. The lowest BCUT2D eigenvalue weighted by Gasteiger charge is -2.07. The first-order valence-corrected chi connectivity index (χ1v) is 6.36. The molecule has 0 aliphatic rings. The Kier molecular flexibility index (Phi) is 3.79. The highest BCUT2D eigenvalue weighted by atomic mass is 19.1. The van der Waals surface area contributed by atoms with Crippen molar-refractivity contribution in [3.63, 3.8) is 0 Å². The fourth-order valence-electron chi connectivity index (χ4n) is 2.23. The second-order valence-corrected chi connectivity index (χ2v) is 4.66. The third kappa shape index (κ3) is 2.72. The van der Waals surface area contributed by atoms with E-state index >= 15 is 0 Å². The molecule has 0 spiro atoms. The van der Waals surface area contributed by atoms with Gasteiger partial charge in [0.2, 0.25) is 0 Å². The van der Waals surface area contributed by atoms with Crippen molar-refractivity contribution in [1.82, 2.24) is 9.78 Å². The maximum Gasteiger partial charge on any atom is 0.160 e. The number of hydrogen-bond acceptors (Lipinski definition) is 2. The molecule has 0 aliphatic heterocycles. The third-order valence-electron chi connectivity index (χ3n) is 3.04. The van der Waals surface area contributed by atoms with Gasteiger partial charge in [0, 0.05) is 24.4 Å². The van der Waals surface area contributed by atoms with Gasteiger partial charge in [-0.1, -0.05) is 13.3 Å². The molecule has 0 bridgehead atoms. The highest BCUT2D eigenvalue weighted by Gasteiger charge is 2.16. The predicted octanol–water partition coefficient (Wildman–Crippen LogP) is 3.38. The van der Waals surface area contributed by atoms with Crippen LogP contribution in [0.5, 0.6) is 0 Å². The van der Waals surface area contributed by atoms with Gasteiger partial charge in [-0.15, -0.1) is 0 Å². The number of benzene rings is 1. The normalized spacial score (nSPS) is 10.7. The van der Waals surface area contributed by atoms with Crippen LogP contribution in [0.25, 0.3) is 11.1 Å². The zero-order chi connectivity index (χ0) is 14.0. The van der Waals surface area contributed by atoms with Crippen molar-refractivity contribution < 1.29 is 9.18 Å². The number of halogens is 1. The zero-order valence-corrected chi connectivity index (χ0v) is 11.4. The highest BCUT2D eigenvalue weighted by molar-refractivity contribution is 6.01. The monoisotopic (exact) mass is 260 g/mol. The number of carbonyl (C=O) groups excluding carboxylic acids is 1. The maximum absolute atomic E-state index is 13.5. The lowest BCUT2D eigenvalue weighted by Crippen LogP contribution is -1.98. The minimum Gasteiger partial charge on any atom is -0.294 e. The molecule has 1 heterocycles. The van der Waals surface area contributed by atoms with Gasteiger partial charge in [0.05, 0.1) is 5.69 Å². The van der Waals surface area contributed by atoms with Gasteiger partial charge in [0.15, 0.2) is 5.78 Å². The quantitative estimate of drug-likeness (QED) is 0.790. The van der Waals surface area contributed by atoms with E-state index in [-0.39, 0.29) is 11.6 Å². The summed E-state index contributed by atoms with van der Waals surface area (Å²) in [5.74, 6) is -0.410. The van der Waals surface area contributed by atoms with Crippen LogP contribution in [0.1, 0.15) is 36.3 Å². The predicted molar refractivity (Wildman–Crippen MR) is 72.6 cm³/mol. The van der Waals surface area contributed by atoms with Crippen LogP contribution in [0.15, 0.2) is 24.4 Å². The minimum absolute atomic E-state index is 0.0682. The first-order valence-electron chi connectivity index (χ1n) is 6.36. The van der Waals surface area contributed by atoms with Crippen LogP contribution < -0.4 is 0 Å². The Labute approximate surface area is 112 Å². The highest BCUT2D eigenvalue weighted by Crippen LogP contribution is 2.28. The Balaban J connectivity index is 2.63. The van der Waals surface area contributed by atoms with E-state index in [4.69, 9.17) is 0 Å². The summed E-state index contributed by atoms with van der Waals surface area (Å²) in [6.45, 7) is 3.56. The maximum atomic E-state index is 13.5. The van der Waals surface area contributed by atoms with E-state index < -0.39 is 0 Å². The van der Waals surface area contributed by atoms with Crippen molar-refractivity contribution in [2.24, 2.45) is 7.05 Å². The van der Waals surface area contributed by atoms with Crippen LogP contribution in [-0.2, 0) is 13.5 Å². The first-order chi connectivity index (χ1) is 9.02. The average Bonchev–Trinajstić information content (AvgIpc) is 2.70. The van der Waals surface area contributed by atoms with E-state index in [1.807, 2.05) is 13.2 Å². The van der Waals surface area contributed by atoms with Gasteiger partial charge in [0.25, 0.3) is 0 Å². The van der Waals surface area contributed by atoms with E-state index in [9.17, 15) is 9.18 Å². The summed E-state index contributed by atoms with van der Waals surface area (Å²) < 4.78 is 15.2. The second kappa shape index (κ2) is 5.34. The van der Waals surface area contributed by atoms with Crippen LogP contribution in [0.3, 0.4) is 0 Å². The Hall–Kier alpha value is -1.97. The van der Waals surface area contributed by atoms with Crippen LogP contribution in [0, 0.1) is 5.82 Å². The summed E-state index contributed by atoms with van der Waals surface area (Å²) in [6, 6.07) is 4.26. The fraction of sp³-hybridized carbons (Fsp3) is 0.333. The summed E-state index contributed by atoms with van der Waals surface area (Å²) in [5.41, 5.74) is 2.91. The van der Waals surface area contributed by atoms with E-state index in [0.29, 0.717) is 11.1 Å². The molecule has 1 aromatic carbocycles. The van der Waals surface area contributed by atoms with Crippen LogP contribution in [0.2, 0.25) is 0 Å². The van der Waals surface area contributed by atoms with Gasteiger partial charge in [-0.05, 0) is 37.1 Å². The van der Waals surface area contributed by atoms with Crippen molar-refractivity contribution in [2.45, 2.75) is 26.7 Å². The summed E-state index contributed by atoms with van der Waals surface area (Å²) >= 11 is 0. The Morgan fingerprint density at radius 3 is 2.74 bits per heavy atom. The van der Waals surface area contributed by atoms with Gasteiger partial charge < -0.3 is 0 Å². The van der Waals surface area contributed by atoms with Crippen molar-refractivity contribution in [3.05, 3.63) is 41.5 Å². The van der Waals surface area contributed by atoms with E-state index in [0.717, 1.165) is 24.1 Å². The van der Waals surface area contributed by atoms with E-state index in [2.05, 4.69) is 12.0 Å². The number of aryl methyl sites for hydroxylation is 2. The van der Waals surface area contributed by atoms with Gasteiger partial charge in [0.1, 0.15) is 5.82 Å². The number of nitrogens with zero attached hydrogens (tertiary/aromatic N) is 2. The van der Waals surface area contributed by atoms with Crippen LogP contribution >= 0.6 is 0 Å². The molecule has 2 aromatic rings. The van der Waals surface area contributed by atoms with Crippen molar-refractivity contribution >= 4 is 5.78 Å². The minimum atomic E-state index is -0.341. The van der Waals surface area contributed by atoms with Crippen molar-refractivity contribution in [1.29, 1.82) is 0 Å². The molecule has 100 valence electrons. The molecular weight excluding hydrogens is 243 g/mol. The molecule has 1 aromatic heterocycles. The fourth-order valence-corrected chi connectivity index (χ4v) is 2.23. The average molecular weight is 260 g/mol. The molecule has 0 N–H and O–H groups in total. The molecular formula is C15H17FN2O. The molecule has 19 heavy (non-hydrogen) atoms. The van der Waals surface area contributed by atoms with Gasteiger partial charge in [-0.2, -0.15) is 5.10 Å². The topological polar surface area (TPSA) is 34.9 Å². The number of hydrogen-bond donors (Lipinski definition) is 0. The zero-order valence-electron chi connectivity index (χ0n) is 11.4. The summed E-state index contributed by atoms with van der Waals surface area (Å²) in [4.78, 5) is 11.7. The SMILES string of the molecule is CCCc1nn(C)cc1-c1cc(F)ccc1C(C)=O. The molecule has 0 aliphatic carbocycles. The van der Waals surface area contributed by atoms with Gasteiger partial charge in [-0.25, -0.2) is 4.39 Å². The molecule has 4 heteroatoms. The van der Waals surface area contributed by atoms with Crippen LogP contribution in [-0.4, -0.2) is 15.6 Å². The van der Waals surface area contributed by atoms with Gasteiger partial charge in [-0.3, -0.25) is 9.48 Å². The Morgan fingerprint density at radius 2 is 2.11 bits per heavy atom. The largest absolute Gasteiger partial charge is 0.294 e. The van der Waals surface area contributed by atoms with E-state index in [1.54, 1.807) is 4.68 Å². The molecule has 0 unspecified atom stereocenters. The lowest BCUT2D eigenvalue weighted by atomic mass is 9.96. The lowest BCUT2D eigenvalue weighted by molar-refractivity contribution is 0.101. The standard InChI is InChI=1S/C15H17FN2O/c1-4-5-15-14(9-18(3)17-15)13-8-11(16)6-7-12(13)10(2)19/h6-9H,4-5H2,1-3H3. The molecule has 2 rings (SSSR count). The molecule has 0 radical (unpaired) electrons. The number of carbonyl (C=O) groups is 1. The van der Waals surface area contributed by atoms with Crippen molar-refractivity contribution in [3.8, 4) is 11.1 Å². The third-order valence-corrected chi connectivity index (χ3v) is 3.04. The first kappa shape index (κ1) is 13.5. The molecule has 0 saturated carbocycles. The summed E-state index contributed by atoms with van der Waals surface area (Å²) in [6.07, 6.45) is 3.60. The second-order valence-electron chi connectivity index (χ2n) is 4.66. The smallest absolute Gasteiger partial charge is 0.160 e. The molecule has 0 atom stereocenters. The number of aromatic nitrogens is 2. The summed E-state index contributed by atoms with van der Waals surface area (Å²) in [5, 5.41) is 4.39. The Morgan fingerprint density at radius 1 is 1.37 bits per heavy atom. The van der Waals surface area contributed by atoms with E-state index in [1.165, 1.54) is 25.1 Å². The Bertz CT molecular complexity index is 617.